The van der Waals surface area contributed by atoms with Crippen LogP contribution < -0.4 is 0 Å². The van der Waals surface area contributed by atoms with Gasteiger partial charge in [-0.3, -0.25) is 4.79 Å². The Bertz CT molecular complexity index is 256. The molecular formula is C14H27NO2S. The lowest BCUT2D eigenvalue weighted by Gasteiger charge is -2.40. The average Bonchev–Trinajstić information content (AvgIpc) is 2.35. The van der Waals surface area contributed by atoms with Gasteiger partial charge in [-0.1, -0.05) is 13.3 Å². The second-order valence-corrected chi connectivity index (χ2v) is 6.40. The minimum atomic E-state index is -0.585. The smallest absolute Gasteiger partial charge is 0.310 e. The second-order valence-electron chi connectivity index (χ2n) is 5.42. The summed E-state index contributed by atoms with van der Waals surface area (Å²) in [5, 5.41) is 9.52. The summed E-state index contributed by atoms with van der Waals surface area (Å²) in [5.74, 6) is 0.630. The normalized spacial score (nSPS) is 25.2. The summed E-state index contributed by atoms with van der Waals surface area (Å²) in [6, 6.07) is 0. The van der Waals surface area contributed by atoms with Gasteiger partial charge in [-0.05, 0) is 57.2 Å². The molecule has 0 aromatic rings. The van der Waals surface area contributed by atoms with Crippen molar-refractivity contribution in [2.45, 2.75) is 45.4 Å². The van der Waals surface area contributed by atoms with Crippen molar-refractivity contribution in [1.82, 2.24) is 4.90 Å². The number of unbranched alkanes of at least 4 members (excludes halogenated alkanes) is 1. The molecule has 0 saturated carbocycles. The Kier molecular flexibility index (Phi) is 7.08. The van der Waals surface area contributed by atoms with E-state index in [9.17, 15) is 9.90 Å². The molecule has 1 N–H and O–H groups in total. The molecule has 0 spiro atoms. The maximum Gasteiger partial charge on any atom is 0.310 e. The van der Waals surface area contributed by atoms with E-state index in [0.717, 1.165) is 45.3 Å². The quantitative estimate of drug-likeness (QED) is 0.690. The molecule has 1 heterocycles. The monoisotopic (exact) mass is 273 g/mol. The fourth-order valence-corrected chi connectivity index (χ4v) is 3.46. The van der Waals surface area contributed by atoms with Crippen LogP contribution in [-0.2, 0) is 4.79 Å². The van der Waals surface area contributed by atoms with E-state index in [2.05, 4.69) is 18.1 Å². The molecule has 1 saturated heterocycles. The first-order chi connectivity index (χ1) is 8.64. The van der Waals surface area contributed by atoms with E-state index in [1.807, 2.05) is 11.8 Å². The van der Waals surface area contributed by atoms with Crippen LogP contribution >= 0.6 is 11.8 Å². The first-order valence-electron chi connectivity index (χ1n) is 7.09. The lowest BCUT2D eigenvalue weighted by atomic mass is 9.76. The fraction of sp³-hybridized carbons (Fsp3) is 0.929. The Hall–Kier alpha value is -0.220. The molecule has 1 atom stereocenters. The van der Waals surface area contributed by atoms with Gasteiger partial charge >= 0.3 is 5.97 Å². The van der Waals surface area contributed by atoms with E-state index in [1.165, 1.54) is 18.6 Å². The molecule has 0 radical (unpaired) electrons. The summed E-state index contributed by atoms with van der Waals surface area (Å²) in [7, 11) is 0. The zero-order chi connectivity index (χ0) is 13.4. The number of carbonyl (C=O) groups is 1. The van der Waals surface area contributed by atoms with Crippen molar-refractivity contribution >= 4 is 17.7 Å². The van der Waals surface area contributed by atoms with Crippen molar-refractivity contribution in [3.8, 4) is 0 Å². The molecule has 1 rings (SSSR count). The van der Waals surface area contributed by atoms with Crippen molar-refractivity contribution in [2.24, 2.45) is 5.41 Å². The van der Waals surface area contributed by atoms with E-state index in [4.69, 9.17) is 0 Å². The number of carboxylic acids is 1. The van der Waals surface area contributed by atoms with Crippen molar-refractivity contribution in [2.75, 3.05) is 31.6 Å². The molecule has 0 amide bonds. The zero-order valence-corrected chi connectivity index (χ0v) is 12.6. The third-order valence-electron chi connectivity index (χ3n) is 3.91. The standard InChI is InChI=1S/C14H27NO2S/c1-3-7-14(13(16)17)8-6-10-15(12-14)9-4-5-11-18-2/h3-12H2,1-2H3,(H,16,17). The van der Waals surface area contributed by atoms with E-state index < -0.39 is 11.4 Å². The van der Waals surface area contributed by atoms with E-state index in [0.29, 0.717) is 0 Å². The topological polar surface area (TPSA) is 40.5 Å². The lowest BCUT2D eigenvalue weighted by molar-refractivity contribution is -0.153. The van der Waals surface area contributed by atoms with Crippen molar-refractivity contribution in [3.63, 3.8) is 0 Å². The van der Waals surface area contributed by atoms with Crippen LogP contribution in [0.2, 0.25) is 0 Å². The molecule has 1 fully saturated rings. The number of thioether (sulfide) groups is 1. The van der Waals surface area contributed by atoms with Crippen LogP contribution in [-0.4, -0.2) is 47.6 Å². The minimum Gasteiger partial charge on any atom is -0.481 e. The fourth-order valence-electron chi connectivity index (χ4n) is 2.96. The first-order valence-corrected chi connectivity index (χ1v) is 8.48. The third-order valence-corrected chi connectivity index (χ3v) is 4.61. The maximum atomic E-state index is 11.6. The summed E-state index contributed by atoms with van der Waals surface area (Å²) in [6.45, 7) is 4.99. The third kappa shape index (κ3) is 4.47. The van der Waals surface area contributed by atoms with Gasteiger partial charge < -0.3 is 10.0 Å². The molecule has 4 heteroatoms. The van der Waals surface area contributed by atoms with Crippen LogP contribution in [0.4, 0.5) is 0 Å². The number of rotatable bonds is 8. The van der Waals surface area contributed by atoms with Crippen molar-refractivity contribution in [3.05, 3.63) is 0 Å². The van der Waals surface area contributed by atoms with Gasteiger partial charge in [-0.2, -0.15) is 11.8 Å². The summed E-state index contributed by atoms with van der Waals surface area (Å²) < 4.78 is 0. The van der Waals surface area contributed by atoms with Crippen LogP contribution in [0.3, 0.4) is 0 Å². The van der Waals surface area contributed by atoms with Gasteiger partial charge in [0.25, 0.3) is 0 Å². The van der Waals surface area contributed by atoms with E-state index in [-0.39, 0.29) is 0 Å². The molecule has 106 valence electrons. The molecule has 1 aliphatic heterocycles. The summed E-state index contributed by atoms with van der Waals surface area (Å²) >= 11 is 1.89. The van der Waals surface area contributed by atoms with Crippen LogP contribution in [0, 0.1) is 5.41 Å². The van der Waals surface area contributed by atoms with Crippen LogP contribution in [0.25, 0.3) is 0 Å². The Balaban J connectivity index is 2.45. The largest absolute Gasteiger partial charge is 0.481 e. The highest BCUT2D eigenvalue weighted by Gasteiger charge is 2.41. The number of carboxylic acid groups (broad SMARTS) is 1. The number of hydrogen-bond donors (Lipinski definition) is 1. The van der Waals surface area contributed by atoms with Crippen molar-refractivity contribution < 1.29 is 9.90 Å². The number of piperidine rings is 1. The summed E-state index contributed by atoms with van der Waals surface area (Å²) in [4.78, 5) is 13.9. The number of hydrogen-bond acceptors (Lipinski definition) is 3. The highest BCUT2D eigenvalue weighted by atomic mass is 32.2. The number of aliphatic carboxylic acids is 1. The molecular weight excluding hydrogens is 246 g/mol. The summed E-state index contributed by atoms with van der Waals surface area (Å²) in [6.07, 6.45) is 8.26. The molecule has 18 heavy (non-hydrogen) atoms. The molecule has 0 aromatic carbocycles. The second kappa shape index (κ2) is 8.05. The Morgan fingerprint density at radius 2 is 2.22 bits per heavy atom. The van der Waals surface area contributed by atoms with Gasteiger partial charge in [0.2, 0.25) is 0 Å². The first kappa shape index (κ1) is 15.8. The maximum absolute atomic E-state index is 11.6. The Labute approximate surface area is 115 Å². The summed E-state index contributed by atoms with van der Waals surface area (Å²) in [5.41, 5.74) is -0.466. The van der Waals surface area contributed by atoms with Crippen LogP contribution in [0.15, 0.2) is 0 Å². The van der Waals surface area contributed by atoms with Crippen LogP contribution in [0.1, 0.15) is 45.4 Å². The van der Waals surface area contributed by atoms with Gasteiger partial charge in [0.1, 0.15) is 0 Å². The van der Waals surface area contributed by atoms with Gasteiger partial charge in [-0.15, -0.1) is 0 Å². The molecule has 0 aliphatic carbocycles. The van der Waals surface area contributed by atoms with Gasteiger partial charge in [0.15, 0.2) is 0 Å². The predicted octanol–water partition coefficient (Wildman–Crippen LogP) is 3.10. The number of nitrogens with zero attached hydrogens (tertiary/aromatic N) is 1. The predicted molar refractivity (Wildman–Crippen MR) is 78.3 cm³/mol. The molecule has 0 aromatic heterocycles. The molecule has 1 aliphatic rings. The van der Waals surface area contributed by atoms with Crippen molar-refractivity contribution in [1.29, 1.82) is 0 Å². The van der Waals surface area contributed by atoms with E-state index in [1.54, 1.807) is 0 Å². The average molecular weight is 273 g/mol. The van der Waals surface area contributed by atoms with Crippen LogP contribution in [0.5, 0.6) is 0 Å². The van der Waals surface area contributed by atoms with Gasteiger partial charge in [-0.25, -0.2) is 0 Å². The Morgan fingerprint density at radius 3 is 2.83 bits per heavy atom. The lowest BCUT2D eigenvalue weighted by Crippen LogP contribution is -2.48. The van der Waals surface area contributed by atoms with Gasteiger partial charge in [0, 0.05) is 6.54 Å². The molecule has 0 bridgehead atoms. The van der Waals surface area contributed by atoms with E-state index >= 15 is 0 Å². The zero-order valence-electron chi connectivity index (χ0n) is 11.8. The SMILES string of the molecule is CCCC1(C(=O)O)CCCN(CCCCSC)C1. The number of likely N-dealkylation sites (tertiary alicyclic amines) is 1. The minimum absolute atomic E-state index is 0.466. The highest BCUT2D eigenvalue weighted by molar-refractivity contribution is 7.98. The molecule has 1 unspecified atom stereocenters. The van der Waals surface area contributed by atoms with Gasteiger partial charge in [0.05, 0.1) is 5.41 Å². The Morgan fingerprint density at radius 1 is 1.44 bits per heavy atom. The highest BCUT2D eigenvalue weighted by Crippen LogP contribution is 2.35. The molecule has 3 nitrogen and oxygen atoms in total.